The van der Waals surface area contributed by atoms with Gasteiger partial charge in [0.05, 0.1) is 0 Å². The summed E-state index contributed by atoms with van der Waals surface area (Å²) in [5.74, 6) is -0.600. The van der Waals surface area contributed by atoms with Gasteiger partial charge in [-0.15, -0.1) is 0 Å². The summed E-state index contributed by atoms with van der Waals surface area (Å²) >= 11 is 0. The number of hydrogen-bond acceptors (Lipinski definition) is 3. The molecule has 1 aliphatic heterocycles. The molecule has 6 heteroatoms. The third kappa shape index (κ3) is 3.62. The molecular formula is C20H21N3O3. The molecule has 1 fully saturated rings. The molecule has 26 heavy (non-hydrogen) atoms. The Bertz CT molecular complexity index is 912. The molecule has 0 atom stereocenters. The van der Waals surface area contributed by atoms with Gasteiger partial charge in [0.15, 0.2) is 0 Å². The van der Waals surface area contributed by atoms with E-state index in [-0.39, 0.29) is 18.0 Å². The minimum atomic E-state index is -0.944. The van der Waals surface area contributed by atoms with Gasteiger partial charge >= 0.3 is 5.97 Å². The van der Waals surface area contributed by atoms with E-state index in [9.17, 15) is 14.9 Å². The first-order valence-electron chi connectivity index (χ1n) is 8.70. The maximum absolute atomic E-state index is 12.7. The van der Waals surface area contributed by atoms with Crippen LogP contribution in [-0.2, 0) is 16.1 Å². The van der Waals surface area contributed by atoms with Gasteiger partial charge in [-0.25, -0.2) is 0 Å². The molecule has 0 radical (unpaired) electrons. The Balaban J connectivity index is 1.95. The van der Waals surface area contributed by atoms with E-state index in [0.717, 1.165) is 23.7 Å². The van der Waals surface area contributed by atoms with Gasteiger partial charge in [-0.3, -0.25) is 9.59 Å². The monoisotopic (exact) mass is 351 g/mol. The summed E-state index contributed by atoms with van der Waals surface area (Å²) in [6.07, 6.45) is 5.15. The van der Waals surface area contributed by atoms with Crippen molar-refractivity contribution in [3.05, 3.63) is 41.6 Å². The molecule has 1 saturated heterocycles. The fourth-order valence-electron chi connectivity index (χ4n) is 3.35. The summed E-state index contributed by atoms with van der Waals surface area (Å²) in [6, 6.07) is 9.39. The summed E-state index contributed by atoms with van der Waals surface area (Å²) in [7, 11) is 0. The molecule has 1 aromatic carbocycles. The van der Waals surface area contributed by atoms with Gasteiger partial charge in [0.2, 0.25) is 0 Å². The lowest BCUT2D eigenvalue weighted by Gasteiger charge is -2.30. The van der Waals surface area contributed by atoms with Crippen LogP contribution in [0.2, 0.25) is 0 Å². The van der Waals surface area contributed by atoms with Crippen LogP contribution in [-0.4, -0.2) is 39.5 Å². The van der Waals surface area contributed by atoms with Crippen molar-refractivity contribution in [1.82, 2.24) is 9.47 Å². The Labute approximate surface area is 151 Å². The van der Waals surface area contributed by atoms with Crippen molar-refractivity contribution in [2.75, 3.05) is 13.1 Å². The number of amides is 1. The number of aliphatic carboxylic acids is 1. The summed E-state index contributed by atoms with van der Waals surface area (Å²) in [6.45, 7) is 3.33. The van der Waals surface area contributed by atoms with E-state index in [1.807, 2.05) is 30.3 Å². The molecule has 2 heterocycles. The standard InChI is InChI=1S/C20H21N3O3/c1-14-6-8-22(9-7-14)20(26)15(11-21)10-16-12-23(13-19(24)25)18-5-3-2-4-17(16)18/h2-5,10,12,14H,6-9,13H2,1H3,(H,24,25). The van der Waals surface area contributed by atoms with Crippen LogP contribution in [0.15, 0.2) is 36.0 Å². The van der Waals surface area contributed by atoms with Crippen molar-refractivity contribution < 1.29 is 14.7 Å². The zero-order valence-corrected chi connectivity index (χ0v) is 14.7. The number of carboxylic acid groups (broad SMARTS) is 1. The Kier molecular flexibility index (Phi) is 5.08. The summed E-state index contributed by atoms with van der Waals surface area (Å²) in [4.78, 5) is 25.5. The second-order valence-corrected chi connectivity index (χ2v) is 6.77. The Hall–Kier alpha value is -3.07. The van der Waals surface area contributed by atoms with Crippen molar-refractivity contribution in [1.29, 1.82) is 5.26 Å². The SMILES string of the molecule is CC1CCN(C(=O)C(C#N)=Cc2cn(CC(=O)O)c3ccccc23)CC1. The average Bonchev–Trinajstić information content (AvgIpc) is 2.97. The Morgan fingerprint density at radius 3 is 2.65 bits per heavy atom. The fraction of sp³-hybridized carbons (Fsp3) is 0.350. The number of fused-ring (bicyclic) bond motifs is 1. The highest BCUT2D eigenvalue weighted by atomic mass is 16.4. The van der Waals surface area contributed by atoms with Crippen LogP contribution in [0.1, 0.15) is 25.3 Å². The van der Waals surface area contributed by atoms with Crippen molar-refractivity contribution in [3.8, 4) is 6.07 Å². The first-order chi connectivity index (χ1) is 12.5. The number of likely N-dealkylation sites (tertiary alicyclic amines) is 1. The summed E-state index contributed by atoms with van der Waals surface area (Å²) < 4.78 is 1.62. The van der Waals surface area contributed by atoms with Crippen LogP contribution >= 0.6 is 0 Å². The Morgan fingerprint density at radius 1 is 1.31 bits per heavy atom. The molecule has 0 unspecified atom stereocenters. The van der Waals surface area contributed by atoms with Crippen molar-refractivity contribution in [2.45, 2.75) is 26.3 Å². The van der Waals surface area contributed by atoms with Gasteiger partial charge in [0, 0.05) is 35.8 Å². The van der Waals surface area contributed by atoms with Gasteiger partial charge in [-0.1, -0.05) is 25.1 Å². The highest BCUT2D eigenvalue weighted by Gasteiger charge is 2.23. The molecule has 6 nitrogen and oxygen atoms in total. The van der Waals surface area contributed by atoms with Gasteiger partial charge in [0.25, 0.3) is 5.91 Å². The van der Waals surface area contributed by atoms with E-state index in [1.165, 1.54) is 0 Å². The largest absolute Gasteiger partial charge is 0.480 e. The molecule has 0 spiro atoms. The Morgan fingerprint density at radius 2 is 2.00 bits per heavy atom. The predicted octanol–water partition coefficient (Wildman–Crippen LogP) is 2.89. The lowest BCUT2D eigenvalue weighted by molar-refractivity contribution is -0.137. The van der Waals surface area contributed by atoms with Crippen LogP contribution in [0.25, 0.3) is 17.0 Å². The maximum Gasteiger partial charge on any atom is 0.323 e. The maximum atomic E-state index is 12.7. The molecule has 1 aliphatic rings. The third-order valence-electron chi connectivity index (χ3n) is 4.85. The van der Waals surface area contributed by atoms with Gasteiger partial charge in [-0.2, -0.15) is 5.26 Å². The van der Waals surface area contributed by atoms with Gasteiger partial charge in [0.1, 0.15) is 18.2 Å². The zero-order valence-electron chi connectivity index (χ0n) is 14.7. The second-order valence-electron chi connectivity index (χ2n) is 6.77. The molecular weight excluding hydrogens is 330 g/mol. The highest BCUT2D eigenvalue weighted by molar-refractivity contribution is 6.04. The van der Waals surface area contributed by atoms with Crippen LogP contribution in [0.4, 0.5) is 0 Å². The normalized spacial score (nSPS) is 15.8. The first-order valence-corrected chi connectivity index (χ1v) is 8.70. The third-order valence-corrected chi connectivity index (χ3v) is 4.85. The number of carbonyl (C=O) groups is 2. The minimum Gasteiger partial charge on any atom is -0.480 e. The highest BCUT2D eigenvalue weighted by Crippen LogP contribution is 2.25. The molecule has 0 aliphatic carbocycles. The topological polar surface area (TPSA) is 86.3 Å². The van der Waals surface area contributed by atoms with Crippen LogP contribution in [0.5, 0.6) is 0 Å². The molecule has 3 rings (SSSR count). The molecule has 0 saturated carbocycles. The number of aromatic nitrogens is 1. The number of carbonyl (C=O) groups excluding carboxylic acids is 1. The van der Waals surface area contributed by atoms with Gasteiger partial charge in [-0.05, 0) is 30.9 Å². The molecule has 2 aromatic rings. The van der Waals surface area contributed by atoms with Gasteiger partial charge < -0.3 is 14.6 Å². The van der Waals surface area contributed by atoms with E-state index in [1.54, 1.807) is 21.7 Å². The lowest BCUT2D eigenvalue weighted by Crippen LogP contribution is -2.38. The summed E-state index contributed by atoms with van der Waals surface area (Å²) in [5.41, 5.74) is 1.52. The number of hydrogen-bond donors (Lipinski definition) is 1. The van der Waals surface area contributed by atoms with E-state index in [4.69, 9.17) is 5.11 Å². The number of rotatable bonds is 4. The zero-order chi connectivity index (χ0) is 18.7. The molecule has 1 aromatic heterocycles. The average molecular weight is 351 g/mol. The number of benzene rings is 1. The van der Waals surface area contributed by atoms with Crippen LogP contribution in [0, 0.1) is 17.2 Å². The predicted molar refractivity (Wildman–Crippen MR) is 98.1 cm³/mol. The number of piperidine rings is 1. The number of nitrogens with zero attached hydrogens (tertiary/aromatic N) is 3. The number of carboxylic acids is 1. The lowest BCUT2D eigenvalue weighted by atomic mass is 9.98. The van der Waals surface area contributed by atoms with Crippen molar-refractivity contribution >= 4 is 28.9 Å². The molecule has 134 valence electrons. The second kappa shape index (κ2) is 7.44. The number of para-hydroxylation sites is 1. The first kappa shape index (κ1) is 17.7. The van der Waals surface area contributed by atoms with E-state index < -0.39 is 5.97 Å². The number of nitriles is 1. The molecule has 0 bridgehead atoms. The van der Waals surface area contributed by atoms with Crippen LogP contribution < -0.4 is 0 Å². The quantitative estimate of drug-likeness (QED) is 0.678. The summed E-state index contributed by atoms with van der Waals surface area (Å²) in [5, 5.41) is 19.4. The minimum absolute atomic E-state index is 0.0813. The van der Waals surface area contributed by atoms with E-state index in [2.05, 4.69) is 6.92 Å². The van der Waals surface area contributed by atoms with Crippen molar-refractivity contribution in [3.63, 3.8) is 0 Å². The van der Waals surface area contributed by atoms with Crippen LogP contribution in [0.3, 0.4) is 0 Å². The van der Waals surface area contributed by atoms with E-state index >= 15 is 0 Å². The molecule has 1 N–H and O–H groups in total. The van der Waals surface area contributed by atoms with E-state index in [0.29, 0.717) is 24.6 Å². The smallest absolute Gasteiger partial charge is 0.323 e. The van der Waals surface area contributed by atoms with Crippen molar-refractivity contribution in [2.24, 2.45) is 5.92 Å². The molecule has 1 amide bonds. The fourth-order valence-corrected chi connectivity index (χ4v) is 3.35.